The average molecular weight is 204 g/mol. The Labute approximate surface area is 82.5 Å². The second-order valence-corrected chi connectivity index (χ2v) is 4.72. The van der Waals surface area contributed by atoms with Gasteiger partial charge >= 0.3 is 6.18 Å². The summed E-state index contributed by atoms with van der Waals surface area (Å²) in [5.41, 5.74) is -0.484. The standard InChI is InChI=1S/C11H15F3/c1-10(2,3)8-4-6-9(7-5-8)11(12,13)14/h4,6-8H,5H2,1-3H3/t8-/m0/s1. The van der Waals surface area contributed by atoms with E-state index in [1.807, 2.05) is 20.8 Å². The lowest BCUT2D eigenvalue weighted by molar-refractivity contribution is -0.0888. The Morgan fingerprint density at radius 3 is 2.07 bits per heavy atom. The van der Waals surface area contributed by atoms with Gasteiger partial charge in [-0.2, -0.15) is 13.2 Å². The van der Waals surface area contributed by atoms with Crippen LogP contribution in [0.15, 0.2) is 23.8 Å². The Balaban J connectivity index is 2.72. The van der Waals surface area contributed by atoms with Crippen LogP contribution in [0.3, 0.4) is 0 Å². The molecule has 1 aliphatic rings. The lowest BCUT2D eigenvalue weighted by Gasteiger charge is -2.29. The van der Waals surface area contributed by atoms with Gasteiger partial charge < -0.3 is 0 Å². The fraction of sp³-hybridized carbons (Fsp3) is 0.636. The lowest BCUT2D eigenvalue weighted by atomic mass is 9.76. The number of rotatable bonds is 0. The van der Waals surface area contributed by atoms with E-state index in [1.165, 1.54) is 12.2 Å². The van der Waals surface area contributed by atoms with Gasteiger partial charge in [0.25, 0.3) is 0 Å². The molecule has 0 unspecified atom stereocenters. The molecule has 0 nitrogen and oxygen atoms in total. The molecular weight excluding hydrogens is 189 g/mol. The second-order valence-electron chi connectivity index (χ2n) is 4.72. The first-order valence-corrected chi connectivity index (χ1v) is 4.67. The molecule has 0 aromatic rings. The summed E-state index contributed by atoms with van der Waals surface area (Å²) < 4.78 is 36.7. The van der Waals surface area contributed by atoms with Crippen molar-refractivity contribution in [3.05, 3.63) is 23.8 Å². The molecule has 0 fully saturated rings. The summed E-state index contributed by atoms with van der Waals surface area (Å²) in [5.74, 6) is 0.202. The summed E-state index contributed by atoms with van der Waals surface area (Å²) in [7, 11) is 0. The predicted octanol–water partition coefficient (Wildman–Crippen LogP) is 4.10. The number of halogens is 3. The van der Waals surface area contributed by atoms with E-state index >= 15 is 0 Å². The van der Waals surface area contributed by atoms with Crippen LogP contribution >= 0.6 is 0 Å². The van der Waals surface area contributed by atoms with Gasteiger partial charge in [0.1, 0.15) is 0 Å². The largest absolute Gasteiger partial charge is 0.416 e. The second kappa shape index (κ2) is 3.44. The minimum Gasteiger partial charge on any atom is -0.166 e. The molecule has 0 amide bonds. The van der Waals surface area contributed by atoms with Crippen molar-refractivity contribution in [2.75, 3.05) is 0 Å². The van der Waals surface area contributed by atoms with E-state index in [-0.39, 0.29) is 11.3 Å². The molecule has 3 heteroatoms. The normalized spacial score (nSPS) is 23.6. The quantitative estimate of drug-likeness (QED) is 0.557. The summed E-state index contributed by atoms with van der Waals surface area (Å²) >= 11 is 0. The van der Waals surface area contributed by atoms with Gasteiger partial charge in [-0.05, 0) is 17.8 Å². The molecule has 0 radical (unpaired) electrons. The van der Waals surface area contributed by atoms with Crippen LogP contribution in [0.25, 0.3) is 0 Å². The highest BCUT2D eigenvalue weighted by Crippen LogP contribution is 2.37. The van der Waals surface area contributed by atoms with Crippen LogP contribution < -0.4 is 0 Å². The Hall–Kier alpha value is -0.730. The van der Waals surface area contributed by atoms with Gasteiger partial charge in [0, 0.05) is 0 Å². The summed E-state index contributed by atoms with van der Waals surface area (Å²) in [4.78, 5) is 0. The van der Waals surface area contributed by atoms with Crippen molar-refractivity contribution in [3.8, 4) is 0 Å². The number of hydrogen-bond acceptors (Lipinski definition) is 0. The van der Waals surface area contributed by atoms with Crippen molar-refractivity contribution in [3.63, 3.8) is 0 Å². The van der Waals surface area contributed by atoms with Gasteiger partial charge in [-0.25, -0.2) is 0 Å². The molecule has 0 saturated carbocycles. The first-order chi connectivity index (χ1) is 6.21. The summed E-state index contributed by atoms with van der Waals surface area (Å²) in [6, 6.07) is 0. The third-order valence-corrected chi connectivity index (χ3v) is 2.54. The maximum absolute atomic E-state index is 12.2. The highest BCUT2D eigenvalue weighted by atomic mass is 19.4. The molecule has 0 aromatic heterocycles. The van der Waals surface area contributed by atoms with Crippen molar-refractivity contribution in [2.45, 2.75) is 33.4 Å². The molecule has 0 heterocycles. The number of allylic oxidation sites excluding steroid dienone is 4. The van der Waals surface area contributed by atoms with Gasteiger partial charge in [0.15, 0.2) is 0 Å². The average Bonchev–Trinajstić information content (AvgIpc) is 2.01. The van der Waals surface area contributed by atoms with Gasteiger partial charge in [-0.15, -0.1) is 0 Å². The zero-order chi connectivity index (χ0) is 11.0. The minimum absolute atomic E-state index is 0.0319. The molecule has 1 rings (SSSR count). The molecule has 1 atom stereocenters. The van der Waals surface area contributed by atoms with Crippen molar-refractivity contribution in [2.24, 2.45) is 11.3 Å². The van der Waals surface area contributed by atoms with E-state index < -0.39 is 11.7 Å². The Kier molecular flexibility index (Phi) is 2.79. The first kappa shape index (κ1) is 11.3. The molecular formula is C11H15F3. The van der Waals surface area contributed by atoms with Crippen LogP contribution in [0.1, 0.15) is 27.2 Å². The SMILES string of the molecule is CC(C)(C)[C@H]1C=CC(C(F)(F)F)=CC1. The zero-order valence-electron chi connectivity index (χ0n) is 8.65. The topological polar surface area (TPSA) is 0 Å². The lowest BCUT2D eigenvalue weighted by Crippen LogP contribution is -2.21. The zero-order valence-corrected chi connectivity index (χ0v) is 8.65. The van der Waals surface area contributed by atoms with E-state index in [2.05, 4.69) is 0 Å². The van der Waals surface area contributed by atoms with Crippen molar-refractivity contribution in [1.82, 2.24) is 0 Å². The van der Waals surface area contributed by atoms with Crippen molar-refractivity contribution >= 4 is 0 Å². The molecule has 1 aliphatic carbocycles. The maximum Gasteiger partial charge on any atom is 0.416 e. The number of alkyl halides is 3. The Morgan fingerprint density at radius 1 is 1.21 bits per heavy atom. The van der Waals surface area contributed by atoms with E-state index in [9.17, 15) is 13.2 Å². The molecule has 0 bridgehead atoms. The van der Waals surface area contributed by atoms with E-state index in [0.717, 1.165) is 0 Å². The fourth-order valence-electron chi connectivity index (χ4n) is 1.47. The van der Waals surface area contributed by atoms with Gasteiger partial charge in [-0.3, -0.25) is 0 Å². The van der Waals surface area contributed by atoms with Crippen LogP contribution in [0.2, 0.25) is 0 Å². The van der Waals surface area contributed by atoms with Gasteiger partial charge in [0.05, 0.1) is 5.57 Å². The summed E-state index contributed by atoms with van der Waals surface area (Å²) in [6.45, 7) is 6.11. The third kappa shape index (κ3) is 2.63. The highest BCUT2D eigenvalue weighted by molar-refractivity contribution is 5.28. The van der Waals surface area contributed by atoms with Crippen LogP contribution in [0.4, 0.5) is 13.2 Å². The minimum atomic E-state index is -4.20. The number of hydrogen-bond donors (Lipinski definition) is 0. The molecule has 0 saturated heterocycles. The van der Waals surface area contributed by atoms with E-state index in [1.54, 1.807) is 6.08 Å². The molecule has 0 aromatic carbocycles. The molecule has 80 valence electrons. The molecule has 0 N–H and O–H groups in total. The van der Waals surface area contributed by atoms with Gasteiger partial charge in [-0.1, -0.05) is 39.0 Å². The fourth-order valence-corrected chi connectivity index (χ4v) is 1.47. The highest BCUT2D eigenvalue weighted by Gasteiger charge is 2.34. The molecule has 0 aliphatic heterocycles. The predicted molar refractivity (Wildman–Crippen MR) is 50.8 cm³/mol. The van der Waals surface area contributed by atoms with Crippen molar-refractivity contribution in [1.29, 1.82) is 0 Å². The molecule has 0 spiro atoms. The Morgan fingerprint density at radius 2 is 1.79 bits per heavy atom. The summed E-state index contributed by atoms with van der Waals surface area (Å²) in [6.07, 6.45) is 0.437. The van der Waals surface area contributed by atoms with Crippen LogP contribution in [-0.2, 0) is 0 Å². The summed E-state index contributed by atoms with van der Waals surface area (Å²) in [5, 5.41) is 0. The van der Waals surface area contributed by atoms with Crippen LogP contribution in [-0.4, -0.2) is 6.18 Å². The van der Waals surface area contributed by atoms with Crippen LogP contribution in [0, 0.1) is 11.3 Å². The maximum atomic E-state index is 12.2. The van der Waals surface area contributed by atoms with Crippen molar-refractivity contribution < 1.29 is 13.2 Å². The third-order valence-electron chi connectivity index (χ3n) is 2.54. The molecule has 14 heavy (non-hydrogen) atoms. The Bertz CT molecular complexity index is 263. The smallest absolute Gasteiger partial charge is 0.166 e. The van der Waals surface area contributed by atoms with Crippen LogP contribution in [0.5, 0.6) is 0 Å². The van der Waals surface area contributed by atoms with E-state index in [4.69, 9.17) is 0 Å². The monoisotopic (exact) mass is 204 g/mol. The van der Waals surface area contributed by atoms with Gasteiger partial charge in [0.2, 0.25) is 0 Å². The van der Waals surface area contributed by atoms with E-state index in [0.29, 0.717) is 6.42 Å². The first-order valence-electron chi connectivity index (χ1n) is 4.67.